The number of halogens is 1. The molecular weight excluding hydrogens is 312 g/mol. The van der Waals surface area contributed by atoms with Crippen LogP contribution in [0.15, 0.2) is 30.5 Å². The minimum atomic E-state index is -0.0174. The van der Waals surface area contributed by atoms with Crippen LogP contribution in [0.5, 0.6) is 11.5 Å². The van der Waals surface area contributed by atoms with Crippen LogP contribution in [-0.4, -0.2) is 25.7 Å². The monoisotopic (exact) mass is 332 g/mol. The third-order valence-electron chi connectivity index (χ3n) is 4.33. The third kappa shape index (κ3) is 3.08. The molecule has 122 valence electrons. The number of anilines is 1. The van der Waals surface area contributed by atoms with Gasteiger partial charge in [0, 0.05) is 48.6 Å². The van der Waals surface area contributed by atoms with Crippen LogP contribution in [0.2, 0.25) is 5.15 Å². The van der Waals surface area contributed by atoms with Crippen molar-refractivity contribution in [2.24, 2.45) is 0 Å². The summed E-state index contributed by atoms with van der Waals surface area (Å²) in [5.74, 6) is 1.58. The van der Waals surface area contributed by atoms with Crippen molar-refractivity contribution in [2.75, 3.05) is 25.7 Å². The first-order valence-electron chi connectivity index (χ1n) is 7.56. The lowest BCUT2D eigenvalue weighted by atomic mass is 9.79. The van der Waals surface area contributed by atoms with E-state index in [1.54, 1.807) is 14.2 Å². The Hall–Kier alpha value is -1.94. The fourth-order valence-corrected chi connectivity index (χ4v) is 3.35. The summed E-state index contributed by atoms with van der Waals surface area (Å²) >= 11 is 6.08. The maximum absolute atomic E-state index is 6.08. The summed E-state index contributed by atoms with van der Waals surface area (Å²) in [5.41, 5.74) is 3.53. The predicted octanol–water partition coefficient (Wildman–Crippen LogP) is 4.05. The van der Waals surface area contributed by atoms with Crippen LogP contribution in [0.1, 0.15) is 25.0 Å². The van der Waals surface area contributed by atoms with Crippen LogP contribution in [0, 0.1) is 0 Å². The molecule has 0 spiro atoms. The van der Waals surface area contributed by atoms with Gasteiger partial charge in [-0.2, -0.15) is 0 Å². The standard InChI is InChI=1S/C18H21ClN2O2/c1-18(2)11-21(10-12-9-20-17(19)8-16(12)18)13-5-14(22-3)7-15(6-13)23-4/h5-9H,10-11H2,1-4H3. The summed E-state index contributed by atoms with van der Waals surface area (Å²) in [5, 5.41) is 0.549. The smallest absolute Gasteiger partial charge is 0.129 e. The minimum absolute atomic E-state index is 0.0174. The first-order chi connectivity index (χ1) is 10.9. The van der Waals surface area contributed by atoms with Crippen LogP contribution in [0.25, 0.3) is 0 Å². The van der Waals surface area contributed by atoms with E-state index in [1.165, 1.54) is 11.1 Å². The van der Waals surface area contributed by atoms with Gasteiger partial charge in [0.25, 0.3) is 0 Å². The Morgan fingerprint density at radius 1 is 1.09 bits per heavy atom. The van der Waals surface area contributed by atoms with Gasteiger partial charge in [0.05, 0.1) is 14.2 Å². The quantitative estimate of drug-likeness (QED) is 0.794. The molecule has 3 rings (SSSR count). The van der Waals surface area contributed by atoms with E-state index in [0.29, 0.717) is 5.15 Å². The molecule has 5 heteroatoms. The highest BCUT2D eigenvalue weighted by atomic mass is 35.5. The molecule has 0 N–H and O–H groups in total. The van der Waals surface area contributed by atoms with E-state index in [-0.39, 0.29) is 5.41 Å². The van der Waals surface area contributed by atoms with Gasteiger partial charge in [-0.05, 0) is 17.2 Å². The summed E-state index contributed by atoms with van der Waals surface area (Å²) in [7, 11) is 3.33. The van der Waals surface area contributed by atoms with Gasteiger partial charge in [-0.1, -0.05) is 25.4 Å². The molecule has 1 aliphatic rings. The molecule has 23 heavy (non-hydrogen) atoms. The van der Waals surface area contributed by atoms with E-state index in [9.17, 15) is 0 Å². The summed E-state index contributed by atoms with van der Waals surface area (Å²) in [4.78, 5) is 6.57. The molecule has 0 unspecified atom stereocenters. The second kappa shape index (κ2) is 5.93. The Morgan fingerprint density at radius 3 is 2.35 bits per heavy atom. The SMILES string of the molecule is COc1cc(OC)cc(N2Cc3cnc(Cl)cc3C(C)(C)C2)c1. The molecule has 0 amide bonds. The number of hydrogen-bond acceptors (Lipinski definition) is 4. The van der Waals surface area contributed by atoms with Gasteiger partial charge >= 0.3 is 0 Å². The molecule has 0 atom stereocenters. The summed E-state index contributed by atoms with van der Waals surface area (Å²) in [6.07, 6.45) is 1.88. The highest BCUT2D eigenvalue weighted by Crippen LogP contribution is 2.38. The molecule has 0 aliphatic carbocycles. The van der Waals surface area contributed by atoms with E-state index in [2.05, 4.69) is 23.7 Å². The highest BCUT2D eigenvalue weighted by molar-refractivity contribution is 6.29. The zero-order valence-electron chi connectivity index (χ0n) is 13.9. The van der Waals surface area contributed by atoms with Crippen molar-refractivity contribution in [1.29, 1.82) is 0 Å². The average Bonchev–Trinajstić information content (AvgIpc) is 2.54. The summed E-state index contributed by atoms with van der Waals surface area (Å²) < 4.78 is 10.8. The van der Waals surface area contributed by atoms with Crippen molar-refractivity contribution in [1.82, 2.24) is 4.98 Å². The van der Waals surface area contributed by atoms with Crippen LogP contribution in [0.4, 0.5) is 5.69 Å². The molecule has 1 aromatic heterocycles. The van der Waals surface area contributed by atoms with E-state index in [1.807, 2.05) is 30.5 Å². The topological polar surface area (TPSA) is 34.6 Å². The maximum atomic E-state index is 6.08. The van der Waals surface area contributed by atoms with Crippen LogP contribution in [0.3, 0.4) is 0 Å². The van der Waals surface area contributed by atoms with Gasteiger partial charge in [0.2, 0.25) is 0 Å². The lowest BCUT2D eigenvalue weighted by Crippen LogP contribution is -2.42. The molecule has 4 nitrogen and oxygen atoms in total. The fraction of sp³-hybridized carbons (Fsp3) is 0.389. The van der Waals surface area contributed by atoms with E-state index in [0.717, 1.165) is 30.3 Å². The zero-order chi connectivity index (χ0) is 16.6. The number of aromatic nitrogens is 1. The lowest BCUT2D eigenvalue weighted by Gasteiger charge is -2.41. The number of nitrogens with zero attached hydrogens (tertiary/aromatic N) is 2. The molecule has 1 aliphatic heterocycles. The Morgan fingerprint density at radius 2 is 1.74 bits per heavy atom. The molecular formula is C18H21ClN2O2. The molecule has 0 radical (unpaired) electrons. The van der Waals surface area contributed by atoms with Crippen molar-refractivity contribution in [2.45, 2.75) is 25.8 Å². The average molecular weight is 333 g/mol. The summed E-state index contributed by atoms with van der Waals surface area (Å²) in [6, 6.07) is 7.94. The predicted molar refractivity (Wildman–Crippen MR) is 92.9 cm³/mol. The Bertz CT molecular complexity index is 709. The third-order valence-corrected chi connectivity index (χ3v) is 4.54. The van der Waals surface area contributed by atoms with Gasteiger partial charge < -0.3 is 14.4 Å². The largest absolute Gasteiger partial charge is 0.497 e. The van der Waals surface area contributed by atoms with Gasteiger partial charge in [0.1, 0.15) is 16.7 Å². The molecule has 1 aromatic carbocycles. The fourth-order valence-electron chi connectivity index (χ4n) is 3.20. The van der Waals surface area contributed by atoms with E-state index < -0.39 is 0 Å². The molecule has 0 bridgehead atoms. The van der Waals surface area contributed by atoms with Crippen LogP contribution in [-0.2, 0) is 12.0 Å². The number of hydrogen-bond donors (Lipinski definition) is 0. The van der Waals surface area contributed by atoms with Crippen molar-refractivity contribution in [3.05, 3.63) is 46.7 Å². The maximum Gasteiger partial charge on any atom is 0.129 e. The van der Waals surface area contributed by atoms with Gasteiger partial charge in [-0.15, -0.1) is 0 Å². The van der Waals surface area contributed by atoms with Crippen molar-refractivity contribution >= 4 is 17.3 Å². The van der Waals surface area contributed by atoms with E-state index in [4.69, 9.17) is 21.1 Å². The number of ether oxygens (including phenoxy) is 2. The number of fused-ring (bicyclic) bond motifs is 1. The van der Waals surface area contributed by atoms with Gasteiger partial charge in [0.15, 0.2) is 0 Å². The normalized spacial score (nSPS) is 16.0. The number of pyridine rings is 1. The van der Waals surface area contributed by atoms with Gasteiger partial charge in [-0.25, -0.2) is 4.98 Å². The van der Waals surface area contributed by atoms with Crippen molar-refractivity contribution in [3.63, 3.8) is 0 Å². The first kappa shape index (κ1) is 15.9. The van der Waals surface area contributed by atoms with Crippen LogP contribution < -0.4 is 14.4 Å². The summed E-state index contributed by atoms with van der Waals surface area (Å²) in [6.45, 7) is 6.13. The second-order valence-electron chi connectivity index (χ2n) is 6.47. The van der Waals surface area contributed by atoms with Gasteiger partial charge in [-0.3, -0.25) is 0 Å². The zero-order valence-corrected chi connectivity index (χ0v) is 14.6. The lowest BCUT2D eigenvalue weighted by molar-refractivity contribution is 0.393. The molecule has 2 aromatic rings. The molecule has 0 fully saturated rings. The van der Waals surface area contributed by atoms with Crippen molar-refractivity contribution < 1.29 is 9.47 Å². The highest BCUT2D eigenvalue weighted by Gasteiger charge is 2.32. The number of rotatable bonds is 3. The number of methoxy groups -OCH3 is 2. The molecule has 2 heterocycles. The Labute approximate surface area is 142 Å². The molecule has 0 saturated carbocycles. The second-order valence-corrected chi connectivity index (χ2v) is 6.86. The minimum Gasteiger partial charge on any atom is -0.497 e. The molecule has 0 saturated heterocycles. The Kier molecular flexibility index (Phi) is 4.11. The van der Waals surface area contributed by atoms with Crippen molar-refractivity contribution in [3.8, 4) is 11.5 Å². The van der Waals surface area contributed by atoms with Crippen LogP contribution >= 0.6 is 11.6 Å². The Balaban J connectivity index is 2.01. The number of benzene rings is 1. The first-order valence-corrected chi connectivity index (χ1v) is 7.93. The van der Waals surface area contributed by atoms with E-state index >= 15 is 0 Å².